The van der Waals surface area contributed by atoms with Gasteiger partial charge in [-0.05, 0) is 17.7 Å². The van der Waals surface area contributed by atoms with Crippen molar-refractivity contribution in [2.24, 2.45) is 0 Å². The molecule has 1 nitrogen and oxygen atoms in total. The average Bonchev–Trinajstić information content (AvgIpc) is 2.25. The zero-order chi connectivity index (χ0) is 13.7. The van der Waals surface area contributed by atoms with Gasteiger partial charge in [0.2, 0.25) is 4.33 Å². The maximum atomic E-state index is 12.1. The maximum Gasteiger partial charge on any atom is 0.205 e. The predicted molar refractivity (Wildman–Crippen MR) is 80.9 cm³/mol. The Morgan fingerprint density at radius 3 is 2.00 bits per heavy atom. The molecule has 0 unspecified atom stereocenters. The van der Waals surface area contributed by atoms with E-state index in [4.69, 9.17) is 23.2 Å². The molecule has 0 bridgehead atoms. The van der Waals surface area contributed by atoms with Crippen LogP contribution in [-0.2, 0) is 4.79 Å². The zero-order valence-corrected chi connectivity index (χ0v) is 13.5. The third-order valence-electron chi connectivity index (χ3n) is 3.17. The number of Topliss-reactive ketones (excluding diaryl/α,β-unsaturated/α-hetero) is 1. The Hall–Kier alpha value is -0.573. The number of carbonyl (C=O) groups excluding carboxylic acids is 1. The van der Waals surface area contributed by atoms with Gasteiger partial charge in [0.1, 0.15) is 0 Å². The van der Waals surface area contributed by atoms with Crippen molar-refractivity contribution >= 4 is 42.6 Å². The van der Waals surface area contributed by atoms with Gasteiger partial charge in [0.25, 0.3) is 0 Å². The molecule has 0 N–H and O–H groups in total. The van der Waals surface area contributed by atoms with Gasteiger partial charge in [0, 0.05) is 5.57 Å². The molecule has 0 heterocycles. The van der Waals surface area contributed by atoms with E-state index < -0.39 is 12.4 Å². The number of allylic oxidation sites excluding steroid dienone is 2. The first-order valence-electron chi connectivity index (χ1n) is 5.90. The van der Waals surface area contributed by atoms with Gasteiger partial charge in [-0.3, -0.25) is 4.79 Å². The van der Waals surface area contributed by atoms with Crippen LogP contribution in [0, 0.1) is 6.92 Å². The second-order valence-corrected chi connectivity index (χ2v) is 12.1. The number of ketones is 1. The lowest BCUT2D eigenvalue weighted by Crippen LogP contribution is -2.49. The number of carbonyl (C=O) groups is 1. The van der Waals surface area contributed by atoms with E-state index in [0.29, 0.717) is 0 Å². The number of benzene rings is 1. The van der Waals surface area contributed by atoms with Crippen molar-refractivity contribution in [2.45, 2.75) is 30.9 Å². The molecule has 2 rings (SSSR count). The van der Waals surface area contributed by atoms with Crippen LogP contribution < -0.4 is 0 Å². The van der Waals surface area contributed by atoms with Crippen LogP contribution in [0.5, 0.6) is 0 Å². The number of hydrogen-bond donors (Lipinski definition) is 0. The van der Waals surface area contributed by atoms with Crippen LogP contribution in [0.15, 0.2) is 29.5 Å². The molecule has 0 radical (unpaired) electrons. The van der Waals surface area contributed by atoms with Crippen LogP contribution in [0.4, 0.5) is 0 Å². The van der Waals surface area contributed by atoms with Gasteiger partial charge in [-0.2, -0.15) is 0 Å². The molecule has 0 aromatic heterocycles. The third-order valence-corrected chi connectivity index (χ3v) is 5.86. The van der Waals surface area contributed by atoms with E-state index in [9.17, 15) is 4.79 Å². The zero-order valence-electron chi connectivity index (χ0n) is 11.0. The first-order valence-corrected chi connectivity index (χ1v) is 10.2. The summed E-state index contributed by atoms with van der Waals surface area (Å²) in [5.74, 6) is -0.111. The second-order valence-electron chi connectivity index (χ2n) is 5.77. The van der Waals surface area contributed by atoms with E-state index in [1.807, 2.05) is 31.2 Å². The topological polar surface area (TPSA) is 17.1 Å². The van der Waals surface area contributed by atoms with E-state index in [2.05, 4.69) is 19.6 Å². The van der Waals surface area contributed by atoms with Crippen molar-refractivity contribution in [3.05, 3.63) is 40.6 Å². The highest BCUT2D eigenvalue weighted by Crippen LogP contribution is 2.52. The van der Waals surface area contributed by atoms with E-state index in [1.54, 1.807) is 0 Å². The van der Waals surface area contributed by atoms with Gasteiger partial charge in [0.15, 0.2) is 5.78 Å². The smallest absolute Gasteiger partial charge is 0.205 e. The van der Waals surface area contributed by atoms with Crippen molar-refractivity contribution in [1.29, 1.82) is 0 Å². The number of hydrogen-bond acceptors (Lipinski definition) is 1. The quantitative estimate of drug-likeness (QED) is 0.585. The Morgan fingerprint density at radius 1 is 1.06 bits per heavy atom. The summed E-state index contributed by atoms with van der Waals surface area (Å²) in [6.07, 6.45) is 0. The highest BCUT2D eigenvalue weighted by molar-refractivity contribution is 6.94. The Morgan fingerprint density at radius 2 is 1.56 bits per heavy atom. The van der Waals surface area contributed by atoms with Crippen molar-refractivity contribution in [3.8, 4) is 0 Å². The summed E-state index contributed by atoms with van der Waals surface area (Å²) >= 11 is 12.4. The number of halogens is 2. The summed E-state index contributed by atoms with van der Waals surface area (Å²) in [6, 6.07) is 7.99. The molecular weight excluding hydrogens is 283 g/mol. The molecule has 0 aliphatic heterocycles. The van der Waals surface area contributed by atoms with Gasteiger partial charge >= 0.3 is 0 Å². The van der Waals surface area contributed by atoms with Crippen LogP contribution in [0.2, 0.25) is 19.6 Å². The molecule has 0 amide bonds. The molecule has 1 aromatic rings. The first-order chi connectivity index (χ1) is 8.15. The van der Waals surface area contributed by atoms with Crippen molar-refractivity contribution in [3.63, 3.8) is 0 Å². The standard InChI is InChI=1S/C14H16Cl2OSi/c1-9-5-7-10(8-6-9)11-12(18(2,3)4)13(17)14(11,15)16/h5-8H,1-4H3. The highest BCUT2D eigenvalue weighted by atomic mass is 35.5. The summed E-state index contributed by atoms with van der Waals surface area (Å²) in [5, 5.41) is 0.872. The number of rotatable bonds is 2. The van der Waals surface area contributed by atoms with E-state index in [0.717, 1.165) is 16.3 Å². The molecule has 4 heteroatoms. The first kappa shape index (κ1) is 13.8. The molecule has 96 valence electrons. The van der Waals surface area contributed by atoms with Crippen LogP contribution >= 0.6 is 23.2 Å². The molecule has 0 saturated carbocycles. The highest BCUT2D eigenvalue weighted by Gasteiger charge is 2.55. The lowest BCUT2D eigenvalue weighted by atomic mass is 9.88. The van der Waals surface area contributed by atoms with E-state index >= 15 is 0 Å². The second kappa shape index (κ2) is 4.22. The predicted octanol–water partition coefficient (Wildman–Crippen LogP) is 4.38. The third kappa shape index (κ3) is 2.07. The van der Waals surface area contributed by atoms with E-state index in [1.165, 1.54) is 5.56 Å². The summed E-state index contributed by atoms with van der Waals surface area (Å²) in [6.45, 7) is 8.43. The largest absolute Gasteiger partial charge is 0.291 e. The minimum Gasteiger partial charge on any atom is -0.291 e. The summed E-state index contributed by atoms with van der Waals surface area (Å²) in [4.78, 5) is 12.1. The minimum absolute atomic E-state index is 0.111. The summed E-state index contributed by atoms with van der Waals surface area (Å²) in [5.41, 5.74) is 2.95. The summed E-state index contributed by atoms with van der Waals surface area (Å²) in [7, 11) is -1.72. The average molecular weight is 299 g/mol. The lowest BCUT2D eigenvalue weighted by Gasteiger charge is -2.40. The van der Waals surface area contributed by atoms with Gasteiger partial charge in [-0.1, -0.05) is 72.7 Å². The van der Waals surface area contributed by atoms with Crippen LogP contribution in [0.1, 0.15) is 11.1 Å². The number of alkyl halides is 2. The molecule has 1 aliphatic rings. The van der Waals surface area contributed by atoms with Crippen molar-refractivity contribution in [1.82, 2.24) is 0 Å². The summed E-state index contributed by atoms with van der Waals surface area (Å²) < 4.78 is -1.36. The fourth-order valence-corrected chi connectivity index (χ4v) is 5.10. The monoisotopic (exact) mass is 298 g/mol. The van der Waals surface area contributed by atoms with Crippen molar-refractivity contribution in [2.75, 3.05) is 0 Å². The van der Waals surface area contributed by atoms with Crippen molar-refractivity contribution < 1.29 is 4.79 Å². The van der Waals surface area contributed by atoms with Crippen LogP contribution in [0.3, 0.4) is 0 Å². The SMILES string of the molecule is Cc1ccc(C2=C([Si](C)(C)C)C(=O)C2(Cl)Cl)cc1. The molecule has 0 saturated heterocycles. The lowest BCUT2D eigenvalue weighted by molar-refractivity contribution is -0.115. The van der Waals surface area contributed by atoms with Gasteiger partial charge < -0.3 is 0 Å². The molecule has 18 heavy (non-hydrogen) atoms. The fourth-order valence-electron chi connectivity index (χ4n) is 2.24. The Kier molecular flexibility index (Phi) is 3.25. The van der Waals surface area contributed by atoms with E-state index in [-0.39, 0.29) is 5.78 Å². The Labute approximate surface area is 119 Å². The number of aryl methyl sites for hydroxylation is 1. The Bertz CT molecular complexity index is 536. The Balaban J connectivity index is 2.61. The molecule has 0 atom stereocenters. The minimum atomic E-state index is -1.72. The molecule has 0 fully saturated rings. The molecule has 1 aromatic carbocycles. The van der Waals surface area contributed by atoms with Gasteiger partial charge in [-0.25, -0.2) is 0 Å². The molecule has 1 aliphatic carbocycles. The molecular formula is C14H16Cl2OSi. The van der Waals surface area contributed by atoms with Crippen LogP contribution in [0.25, 0.3) is 5.57 Å². The maximum absolute atomic E-state index is 12.1. The normalized spacial score (nSPS) is 18.9. The van der Waals surface area contributed by atoms with Gasteiger partial charge in [-0.15, -0.1) is 0 Å². The molecule has 0 spiro atoms. The van der Waals surface area contributed by atoms with Crippen LogP contribution in [-0.4, -0.2) is 18.2 Å². The van der Waals surface area contributed by atoms with Gasteiger partial charge in [0.05, 0.1) is 8.07 Å². The fraction of sp³-hybridized carbons (Fsp3) is 0.357.